The molecule has 0 bridgehead atoms. The van der Waals surface area contributed by atoms with Gasteiger partial charge in [0.05, 0.1) is 12.2 Å². The number of unbranched alkanes of at least 4 members (excludes halogenated alkanes) is 14. The first-order valence-corrected chi connectivity index (χ1v) is 15.4. The van der Waals surface area contributed by atoms with E-state index >= 15 is 0 Å². The van der Waals surface area contributed by atoms with Gasteiger partial charge >= 0.3 is 0 Å². The van der Waals surface area contributed by atoms with Gasteiger partial charge in [0, 0.05) is 26.0 Å². The lowest BCUT2D eigenvalue weighted by Crippen LogP contribution is -2.18. The first-order valence-electron chi connectivity index (χ1n) is 14.3. The summed E-state index contributed by atoms with van der Waals surface area (Å²) in [6.07, 6.45) is 27.5. The number of hydrogen-bond donors (Lipinski definition) is 0. The van der Waals surface area contributed by atoms with Crippen molar-refractivity contribution < 1.29 is 9.47 Å². The Kier molecular flexibility index (Phi) is 42.7. The van der Waals surface area contributed by atoms with Crippen LogP contribution in [0.15, 0.2) is 0 Å². The molecule has 0 radical (unpaired) electrons. The second-order valence-electron chi connectivity index (χ2n) is 9.20. The summed E-state index contributed by atoms with van der Waals surface area (Å²) in [6.45, 7) is 9.08. The number of rotatable bonds is 18. The topological polar surface area (TPSA) is 18.5 Å². The normalized spacial score (nSPS) is 12.6. The molecule has 1 saturated carbocycles. The zero-order valence-electron chi connectivity index (χ0n) is 23.6. The third-order valence-electron chi connectivity index (χ3n) is 5.98. The Hall–Kier alpha value is 0.500. The van der Waals surface area contributed by atoms with Crippen molar-refractivity contribution in [3.63, 3.8) is 0 Å². The molecule has 1 aliphatic carbocycles. The largest absolute Gasteiger partial charge is 0.381 e. The van der Waals surface area contributed by atoms with E-state index in [1.54, 1.807) is 14.2 Å². The Morgan fingerprint density at radius 2 is 0.879 bits per heavy atom. The van der Waals surface area contributed by atoms with Crippen molar-refractivity contribution >= 4 is 23.2 Å². The molecule has 33 heavy (non-hydrogen) atoms. The van der Waals surface area contributed by atoms with E-state index in [9.17, 15) is 0 Å². The Bertz CT molecular complexity index is 255. The molecule has 2 nitrogen and oxygen atoms in total. The molecular formula is C29H62Cl2O2. The van der Waals surface area contributed by atoms with Crippen LogP contribution in [0.4, 0.5) is 0 Å². The molecule has 0 spiro atoms. The highest BCUT2D eigenvalue weighted by molar-refractivity contribution is 6.21. The van der Waals surface area contributed by atoms with Crippen LogP contribution in [0.25, 0.3) is 0 Å². The van der Waals surface area contributed by atoms with Crippen LogP contribution in [0.5, 0.6) is 0 Å². The molecule has 204 valence electrons. The fourth-order valence-corrected chi connectivity index (χ4v) is 3.77. The lowest BCUT2D eigenvalue weighted by molar-refractivity contribution is 0.0412. The quantitative estimate of drug-likeness (QED) is 0.134. The Morgan fingerprint density at radius 1 is 0.576 bits per heavy atom. The summed E-state index contributed by atoms with van der Waals surface area (Å²) < 4.78 is 9.77. The average molecular weight is 514 g/mol. The van der Waals surface area contributed by atoms with Crippen LogP contribution >= 0.6 is 23.2 Å². The lowest BCUT2D eigenvalue weighted by atomic mass is 9.96. The Balaban J connectivity index is -0.000000371. The van der Waals surface area contributed by atoms with E-state index in [4.69, 9.17) is 32.7 Å². The molecule has 0 aromatic rings. The maximum atomic E-state index is 5.36. The van der Waals surface area contributed by atoms with Gasteiger partial charge in [-0.25, -0.2) is 0 Å². The van der Waals surface area contributed by atoms with Crippen LogP contribution in [0.3, 0.4) is 0 Å². The summed E-state index contributed by atoms with van der Waals surface area (Å²) in [6, 6.07) is 0. The Labute approximate surface area is 220 Å². The molecule has 1 fully saturated rings. The molecule has 0 heterocycles. The van der Waals surface area contributed by atoms with E-state index in [2.05, 4.69) is 27.7 Å². The predicted molar refractivity (Wildman–Crippen MR) is 153 cm³/mol. The number of halogens is 2. The van der Waals surface area contributed by atoms with Gasteiger partial charge in [-0.2, -0.15) is 0 Å². The van der Waals surface area contributed by atoms with Crippen LogP contribution in [0.2, 0.25) is 0 Å². The van der Waals surface area contributed by atoms with Gasteiger partial charge in [0.25, 0.3) is 0 Å². The van der Waals surface area contributed by atoms with Crippen molar-refractivity contribution in [3.8, 4) is 0 Å². The second kappa shape index (κ2) is 37.1. The summed E-state index contributed by atoms with van der Waals surface area (Å²) in [5.41, 5.74) is 0. The lowest BCUT2D eigenvalue weighted by Gasteiger charge is -2.22. The summed E-state index contributed by atoms with van der Waals surface area (Å²) in [5, 5.41) is 0. The molecule has 0 aromatic carbocycles. The van der Waals surface area contributed by atoms with Crippen molar-refractivity contribution in [3.05, 3.63) is 0 Å². The van der Waals surface area contributed by atoms with Crippen molar-refractivity contribution in [2.75, 3.05) is 26.0 Å². The van der Waals surface area contributed by atoms with Gasteiger partial charge in [-0.05, 0) is 19.3 Å². The van der Waals surface area contributed by atoms with Crippen LogP contribution in [0.1, 0.15) is 150 Å². The van der Waals surface area contributed by atoms with E-state index in [0.717, 1.165) is 0 Å². The molecule has 0 amide bonds. The zero-order valence-corrected chi connectivity index (χ0v) is 25.1. The Morgan fingerprint density at radius 3 is 0.970 bits per heavy atom. The standard InChI is InChI=1S/2C10H22.C5H10O.C4H8Cl2O/c2*1-3-5-7-9-10-8-6-4-2;1-6-5-3-2-4-5;1-7-4(2-5)3-6/h2*3-10H2,1-2H3;5H,2-4H2,1H3;4H,2-3H2,1H3. The monoisotopic (exact) mass is 512 g/mol. The molecule has 0 saturated heterocycles. The highest BCUT2D eigenvalue weighted by Crippen LogP contribution is 2.20. The molecule has 0 N–H and O–H groups in total. The van der Waals surface area contributed by atoms with E-state index in [-0.39, 0.29) is 6.10 Å². The van der Waals surface area contributed by atoms with Crippen LogP contribution in [-0.4, -0.2) is 38.2 Å². The van der Waals surface area contributed by atoms with Crippen molar-refractivity contribution in [1.82, 2.24) is 0 Å². The first kappa shape index (κ1) is 38.0. The van der Waals surface area contributed by atoms with E-state index < -0.39 is 0 Å². The molecule has 0 atom stereocenters. The van der Waals surface area contributed by atoms with Gasteiger partial charge in [-0.15, -0.1) is 23.2 Å². The van der Waals surface area contributed by atoms with Crippen LogP contribution < -0.4 is 0 Å². The van der Waals surface area contributed by atoms with Gasteiger partial charge in [-0.1, -0.05) is 130 Å². The molecule has 1 aliphatic rings. The maximum Gasteiger partial charge on any atom is 0.0841 e. The predicted octanol–water partition coefficient (Wildman–Crippen LogP) is 11.0. The van der Waals surface area contributed by atoms with Crippen molar-refractivity contribution in [2.45, 2.75) is 162 Å². The second-order valence-corrected chi connectivity index (χ2v) is 9.81. The molecule has 1 rings (SSSR count). The molecular weight excluding hydrogens is 451 g/mol. The molecule has 4 heteroatoms. The van der Waals surface area contributed by atoms with E-state index in [1.807, 2.05) is 0 Å². The van der Waals surface area contributed by atoms with Crippen LogP contribution in [-0.2, 0) is 9.47 Å². The van der Waals surface area contributed by atoms with Gasteiger partial charge < -0.3 is 9.47 Å². The van der Waals surface area contributed by atoms with Gasteiger partial charge in [0.1, 0.15) is 0 Å². The minimum absolute atomic E-state index is 0.0170. The fraction of sp³-hybridized carbons (Fsp3) is 1.00. The van der Waals surface area contributed by atoms with Gasteiger partial charge in [0.15, 0.2) is 0 Å². The fourth-order valence-electron chi connectivity index (χ4n) is 3.19. The van der Waals surface area contributed by atoms with Gasteiger partial charge in [0.2, 0.25) is 0 Å². The zero-order chi connectivity index (χ0) is 25.4. The molecule has 0 unspecified atom stereocenters. The van der Waals surface area contributed by atoms with E-state index in [0.29, 0.717) is 17.9 Å². The smallest absolute Gasteiger partial charge is 0.0841 e. The minimum Gasteiger partial charge on any atom is -0.381 e. The number of ether oxygens (including phenoxy) is 2. The highest BCUT2D eigenvalue weighted by atomic mass is 35.5. The van der Waals surface area contributed by atoms with Crippen molar-refractivity contribution in [1.29, 1.82) is 0 Å². The number of hydrogen-bond acceptors (Lipinski definition) is 2. The third-order valence-corrected chi connectivity index (χ3v) is 6.67. The summed E-state index contributed by atoms with van der Waals surface area (Å²) >= 11 is 10.7. The number of alkyl halides is 2. The number of methoxy groups -OCH3 is 2. The first-order chi connectivity index (χ1) is 16.1. The summed E-state index contributed by atoms with van der Waals surface area (Å²) in [5.74, 6) is 0.944. The highest BCUT2D eigenvalue weighted by Gasteiger charge is 2.14. The molecule has 0 aliphatic heterocycles. The SMILES string of the molecule is CCCCCCCCCC.CCCCCCCCCC.COC(CCl)CCl.COC1CCC1. The maximum absolute atomic E-state index is 5.36. The summed E-state index contributed by atoms with van der Waals surface area (Å²) in [7, 11) is 3.37. The average Bonchev–Trinajstić information content (AvgIpc) is 2.80. The van der Waals surface area contributed by atoms with Gasteiger partial charge in [-0.3, -0.25) is 0 Å². The summed E-state index contributed by atoms with van der Waals surface area (Å²) in [4.78, 5) is 0. The molecule has 0 aromatic heterocycles. The minimum atomic E-state index is 0.0170. The third kappa shape index (κ3) is 37.2. The van der Waals surface area contributed by atoms with E-state index in [1.165, 1.54) is 122 Å². The van der Waals surface area contributed by atoms with Crippen LogP contribution in [0, 0.1) is 0 Å². The van der Waals surface area contributed by atoms with Crippen molar-refractivity contribution in [2.24, 2.45) is 0 Å².